The van der Waals surface area contributed by atoms with Gasteiger partial charge in [-0.1, -0.05) is 31.5 Å². The summed E-state index contributed by atoms with van der Waals surface area (Å²) in [6, 6.07) is 7.46. The van der Waals surface area contributed by atoms with Gasteiger partial charge in [-0.05, 0) is 23.9 Å². The molecule has 6 heteroatoms. The molecular formula is C15H16N2O4. The van der Waals surface area contributed by atoms with Gasteiger partial charge in [0, 0.05) is 5.39 Å². The number of aliphatic carboxylic acids is 1. The summed E-state index contributed by atoms with van der Waals surface area (Å²) in [7, 11) is 0. The lowest BCUT2D eigenvalue weighted by molar-refractivity contribution is -0.139. The molecule has 2 rings (SSSR count). The van der Waals surface area contributed by atoms with Crippen molar-refractivity contribution < 1.29 is 14.7 Å². The van der Waals surface area contributed by atoms with Crippen LogP contribution >= 0.6 is 0 Å². The van der Waals surface area contributed by atoms with Crippen molar-refractivity contribution >= 4 is 22.6 Å². The number of nitrogens with one attached hydrogen (secondary N) is 2. The fourth-order valence-corrected chi connectivity index (χ4v) is 2.12. The summed E-state index contributed by atoms with van der Waals surface area (Å²) in [5, 5.41) is 12.6. The molecule has 21 heavy (non-hydrogen) atoms. The van der Waals surface area contributed by atoms with E-state index in [0.29, 0.717) is 23.6 Å². The quantitative estimate of drug-likeness (QED) is 0.776. The van der Waals surface area contributed by atoms with Crippen LogP contribution in [0.5, 0.6) is 0 Å². The molecule has 0 aliphatic rings. The summed E-state index contributed by atoms with van der Waals surface area (Å²) in [4.78, 5) is 37.5. The number of benzene rings is 1. The Hall–Kier alpha value is -2.63. The number of fused-ring (bicyclic) bond motifs is 1. The molecule has 0 spiro atoms. The van der Waals surface area contributed by atoms with Crippen molar-refractivity contribution in [2.24, 2.45) is 0 Å². The van der Waals surface area contributed by atoms with Crippen molar-refractivity contribution in [3.8, 4) is 0 Å². The molecule has 1 aromatic heterocycles. The van der Waals surface area contributed by atoms with Crippen molar-refractivity contribution in [1.29, 1.82) is 0 Å². The average Bonchev–Trinajstić information content (AvgIpc) is 2.46. The van der Waals surface area contributed by atoms with Gasteiger partial charge in [0.05, 0.1) is 0 Å². The van der Waals surface area contributed by atoms with Crippen LogP contribution in [0.3, 0.4) is 0 Å². The SMILES string of the molecule is CCC[C@@H](NC(=O)c1cc2ccccc2c(=O)[nH]1)C(=O)O. The van der Waals surface area contributed by atoms with E-state index < -0.39 is 17.9 Å². The molecule has 6 nitrogen and oxygen atoms in total. The maximum absolute atomic E-state index is 12.1. The number of rotatable bonds is 5. The maximum atomic E-state index is 12.1. The molecule has 1 aromatic carbocycles. The molecule has 0 radical (unpaired) electrons. The predicted octanol–water partition coefficient (Wildman–Crippen LogP) is 1.51. The van der Waals surface area contributed by atoms with Gasteiger partial charge in [0.25, 0.3) is 11.5 Å². The van der Waals surface area contributed by atoms with E-state index in [1.54, 1.807) is 24.3 Å². The number of aromatic amines is 1. The number of hydrogen-bond acceptors (Lipinski definition) is 3. The minimum absolute atomic E-state index is 0.0565. The first-order valence-corrected chi connectivity index (χ1v) is 6.68. The Bertz CT molecular complexity index is 736. The van der Waals surface area contributed by atoms with Gasteiger partial charge in [0.1, 0.15) is 11.7 Å². The van der Waals surface area contributed by atoms with E-state index >= 15 is 0 Å². The maximum Gasteiger partial charge on any atom is 0.326 e. The van der Waals surface area contributed by atoms with Crippen LogP contribution in [0.2, 0.25) is 0 Å². The molecule has 1 atom stereocenters. The van der Waals surface area contributed by atoms with Gasteiger partial charge in [-0.25, -0.2) is 4.79 Å². The molecule has 0 aliphatic carbocycles. The average molecular weight is 288 g/mol. The molecular weight excluding hydrogens is 272 g/mol. The summed E-state index contributed by atoms with van der Waals surface area (Å²) in [5.74, 6) is -1.69. The van der Waals surface area contributed by atoms with Crippen LogP contribution < -0.4 is 10.9 Å². The van der Waals surface area contributed by atoms with Crippen LogP contribution in [0, 0.1) is 0 Å². The Balaban J connectivity index is 2.31. The lowest BCUT2D eigenvalue weighted by Crippen LogP contribution is -2.41. The van der Waals surface area contributed by atoms with Gasteiger partial charge < -0.3 is 15.4 Å². The Morgan fingerprint density at radius 2 is 2.05 bits per heavy atom. The molecule has 0 bridgehead atoms. The molecule has 2 aromatic rings. The van der Waals surface area contributed by atoms with Crippen molar-refractivity contribution in [3.63, 3.8) is 0 Å². The van der Waals surface area contributed by atoms with E-state index in [9.17, 15) is 14.4 Å². The van der Waals surface area contributed by atoms with Crippen molar-refractivity contribution in [2.45, 2.75) is 25.8 Å². The van der Waals surface area contributed by atoms with Gasteiger partial charge >= 0.3 is 5.97 Å². The second-order valence-corrected chi connectivity index (χ2v) is 4.75. The molecule has 110 valence electrons. The fourth-order valence-electron chi connectivity index (χ4n) is 2.12. The van der Waals surface area contributed by atoms with Gasteiger partial charge in [0.2, 0.25) is 0 Å². The van der Waals surface area contributed by atoms with Crippen LogP contribution in [0.1, 0.15) is 30.3 Å². The number of carboxylic acids is 1. The number of amides is 1. The highest BCUT2D eigenvalue weighted by Gasteiger charge is 2.20. The zero-order chi connectivity index (χ0) is 15.4. The molecule has 1 amide bonds. The van der Waals surface area contributed by atoms with E-state index in [2.05, 4.69) is 10.3 Å². The summed E-state index contributed by atoms with van der Waals surface area (Å²) < 4.78 is 0. The predicted molar refractivity (Wildman–Crippen MR) is 78.4 cm³/mol. The largest absolute Gasteiger partial charge is 0.480 e. The Kier molecular flexibility index (Phi) is 4.37. The lowest BCUT2D eigenvalue weighted by Gasteiger charge is -2.13. The fraction of sp³-hybridized carbons (Fsp3) is 0.267. The van der Waals surface area contributed by atoms with Crippen LogP contribution in [0.4, 0.5) is 0 Å². The molecule has 0 saturated carbocycles. The van der Waals surface area contributed by atoms with Crippen LogP contribution in [0.15, 0.2) is 35.1 Å². The highest BCUT2D eigenvalue weighted by atomic mass is 16.4. The van der Waals surface area contributed by atoms with E-state index in [1.165, 1.54) is 6.07 Å². The van der Waals surface area contributed by atoms with Gasteiger partial charge in [-0.15, -0.1) is 0 Å². The second-order valence-electron chi connectivity index (χ2n) is 4.75. The molecule has 0 unspecified atom stereocenters. The second kappa shape index (κ2) is 6.21. The summed E-state index contributed by atoms with van der Waals surface area (Å²) in [5.41, 5.74) is -0.318. The zero-order valence-corrected chi connectivity index (χ0v) is 11.6. The number of carbonyl (C=O) groups excluding carboxylic acids is 1. The standard InChI is InChI=1S/C15H16N2O4/c1-2-5-11(15(20)21)16-14(19)12-8-9-6-3-4-7-10(9)13(18)17-12/h3-4,6-8,11H,2,5H2,1H3,(H,16,19)(H,17,18)(H,20,21)/t11-/m1/s1. The van der Waals surface area contributed by atoms with Crippen LogP contribution in [0.25, 0.3) is 10.8 Å². The summed E-state index contributed by atoms with van der Waals surface area (Å²) in [6.07, 6.45) is 0.963. The minimum atomic E-state index is -1.09. The Labute approximate surface area is 120 Å². The normalized spacial score (nSPS) is 12.0. The highest BCUT2D eigenvalue weighted by Crippen LogP contribution is 2.10. The highest BCUT2D eigenvalue weighted by molar-refractivity contribution is 5.98. The van der Waals surface area contributed by atoms with E-state index in [-0.39, 0.29) is 11.3 Å². The van der Waals surface area contributed by atoms with E-state index in [1.807, 2.05) is 6.92 Å². The van der Waals surface area contributed by atoms with E-state index in [0.717, 1.165) is 0 Å². The topological polar surface area (TPSA) is 99.3 Å². The smallest absolute Gasteiger partial charge is 0.326 e. The Morgan fingerprint density at radius 1 is 1.33 bits per heavy atom. The lowest BCUT2D eigenvalue weighted by atomic mass is 10.1. The molecule has 3 N–H and O–H groups in total. The first kappa shape index (κ1) is 14.8. The molecule has 0 aliphatic heterocycles. The number of pyridine rings is 1. The molecule has 0 saturated heterocycles. The first-order valence-electron chi connectivity index (χ1n) is 6.68. The monoisotopic (exact) mass is 288 g/mol. The third-order valence-electron chi connectivity index (χ3n) is 3.18. The Morgan fingerprint density at radius 3 is 2.71 bits per heavy atom. The number of carboxylic acid groups (broad SMARTS) is 1. The van der Waals surface area contributed by atoms with Crippen molar-refractivity contribution in [1.82, 2.24) is 10.3 Å². The van der Waals surface area contributed by atoms with Gasteiger partial charge in [-0.3, -0.25) is 9.59 Å². The number of H-pyrrole nitrogens is 1. The van der Waals surface area contributed by atoms with Crippen LogP contribution in [-0.2, 0) is 4.79 Å². The number of carbonyl (C=O) groups is 2. The minimum Gasteiger partial charge on any atom is -0.480 e. The summed E-state index contributed by atoms with van der Waals surface area (Å²) >= 11 is 0. The molecule has 0 fully saturated rings. The number of hydrogen-bond donors (Lipinski definition) is 3. The first-order chi connectivity index (χ1) is 10.0. The van der Waals surface area contributed by atoms with Gasteiger partial charge in [-0.2, -0.15) is 0 Å². The third-order valence-corrected chi connectivity index (χ3v) is 3.18. The van der Waals surface area contributed by atoms with E-state index in [4.69, 9.17) is 5.11 Å². The van der Waals surface area contributed by atoms with Crippen molar-refractivity contribution in [3.05, 3.63) is 46.4 Å². The third kappa shape index (κ3) is 3.28. The summed E-state index contributed by atoms with van der Waals surface area (Å²) in [6.45, 7) is 1.83. The zero-order valence-electron chi connectivity index (χ0n) is 11.6. The van der Waals surface area contributed by atoms with Crippen molar-refractivity contribution in [2.75, 3.05) is 0 Å². The van der Waals surface area contributed by atoms with Gasteiger partial charge in [0.15, 0.2) is 0 Å². The molecule has 1 heterocycles. The van der Waals surface area contributed by atoms with Crippen LogP contribution in [-0.4, -0.2) is 28.0 Å². The number of aromatic nitrogens is 1.